The lowest BCUT2D eigenvalue weighted by molar-refractivity contribution is 0.144. The fourth-order valence-electron chi connectivity index (χ4n) is 3.84. The number of fused-ring (bicyclic) bond motifs is 1. The molecule has 1 aromatic heterocycles. The molecule has 2 aromatic rings. The third kappa shape index (κ3) is 5.05. The van der Waals surface area contributed by atoms with Crippen molar-refractivity contribution < 1.29 is 15.0 Å². The summed E-state index contributed by atoms with van der Waals surface area (Å²) in [7, 11) is 0. The molecule has 1 aliphatic rings. The van der Waals surface area contributed by atoms with Crippen molar-refractivity contribution in [2.75, 3.05) is 19.6 Å². The number of aromatic hydroxyl groups is 1. The van der Waals surface area contributed by atoms with E-state index in [1.807, 2.05) is 0 Å². The van der Waals surface area contributed by atoms with E-state index < -0.39 is 6.09 Å². The second-order valence-corrected chi connectivity index (χ2v) is 9.36. The first-order valence-electron chi connectivity index (χ1n) is 9.80. The predicted molar refractivity (Wildman–Crippen MR) is 111 cm³/mol. The molecule has 1 aliphatic carbocycles. The van der Waals surface area contributed by atoms with Crippen molar-refractivity contribution in [1.82, 2.24) is 15.2 Å². The van der Waals surface area contributed by atoms with Crippen LogP contribution in [0.5, 0.6) is 5.75 Å². The van der Waals surface area contributed by atoms with Gasteiger partial charge in [0, 0.05) is 25.7 Å². The van der Waals surface area contributed by atoms with E-state index in [0.717, 1.165) is 29.7 Å². The Labute approximate surface area is 168 Å². The van der Waals surface area contributed by atoms with Gasteiger partial charge in [-0.15, -0.1) is 0 Å². The van der Waals surface area contributed by atoms with Crippen molar-refractivity contribution >= 4 is 27.6 Å². The van der Waals surface area contributed by atoms with Crippen LogP contribution in [0.4, 0.5) is 4.79 Å². The van der Waals surface area contributed by atoms with Crippen molar-refractivity contribution in [2.45, 2.75) is 52.0 Å². The van der Waals surface area contributed by atoms with Gasteiger partial charge in [0.25, 0.3) is 0 Å². The number of nitrogens with zero attached hydrogens (tertiary/aromatic N) is 1. The summed E-state index contributed by atoms with van der Waals surface area (Å²) in [5.74, 6) is 0.0343. The summed E-state index contributed by atoms with van der Waals surface area (Å²) in [5.41, 5.74) is 1.71. The van der Waals surface area contributed by atoms with Crippen LogP contribution in [0.25, 0.3) is 10.2 Å². The molecule has 0 radical (unpaired) electrons. The maximum atomic E-state index is 11.6. The number of nitrogens with one attached hydrogen (secondary N) is 2. The average Bonchev–Trinajstić information content (AvgIpc) is 3.03. The fourth-order valence-corrected chi connectivity index (χ4v) is 4.73. The smallest absolute Gasteiger partial charge is 0.407 e. The molecule has 0 spiro atoms. The lowest BCUT2D eigenvalue weighted by Gasteiger charge is -2.35. The minimum absolute atomic E-state index is 0.0343. The van der Waals surface area contributed by atoms with E-state index >= 15 is 0 Å². The highest BCUT2D eigenvalue weighted by Crippen LogP contribution is 2.35. The molecule has 8 heteroatoms. The zero-order valence-corrected chi connectivity index (χ0v) is 17.3. The van der Waals surface area contributed by atoms with Crippen molar-refractivity contribution in [3.05, 3.63) is 27.4 Å². The molecule has 4 N–H and O–H groups in total. The molecular formula is C20H29N3O4S. The molecule has 0 bridgehead atoms. The molecular weight excluding hydrogens is 378 g/mol. The Bertz CT molecular complexity index is 879. The zero-order valence-electron chi connectivity index (χ0n) is 16.5. The van der Waals surface area contributed by atoms with Crippen LogP contribution in [0.15, 0.2) is 16.9 Å². The van der Waals surface area contributed by atoms with E-state index in [0.29, 0.717) is 47.7 Å². The van der Waals surface area contributed by atoms with Crippen molar-refractivity contribution in [1.29, 1.82) is 0 Å². The number of amides is 1. The van der Waals surface area contributed by atoms with Crippen LogP contribution in [0.2, 0.25) is 0 Å². The monoisotopic (exact) mass is 407 g/mol. The summed E-state index contributed by atoms with van der Waals surface area (Å²) in [6.45, 7) is 6.02. The number of rotatable bonds is 7. The predicted octanol–water partition coefficient (Wildman–Crippen LogP) is 3.38. The highest BCUT2D eigenvalue weighted by molar-refractivity contribution is 7.16. The lowest BCUT2D eigenvalue weighted by atomic mass is 9.75. The van der Waals surface area contributed by atoms with Crippen molar-refractivity contribution in [3.63, 3.8) is 0 Å². The summed E-state index contributed by atoms with van der Waals surface area (Å²) in [6, 6.07) is 3.76. The van der Waals surface area contributed by atoms with Gasteiger partial charge in [0.2, 0.25) is 0 Å². The Balaban J connectivity index is 1.54. The second kappa shape index (κ2) is 8.53. The van der Waals surface area contributed by atoms with Crippen molar-refractivity contribution in [3.8, 4) is 5.75 Å². The number of aromatic nitrogens is 1. The number of hydrogen-bond acceptors (Lipinski definition) is 5. The number of hydrogen-bond donors (Lipinski definition) is 4. The number of thiazole rings is 1. The molecule has 1 heterocycles. The van der Waals surface area contributed by atoms with Gasteiger partial charge in [-0.1, -0.05) is 31.3 Å². The van der Waals surface area contributed by atoms with E-state index in [-0.39, 0.29) is 10.6 Å². The first-order valence-corrected chi connectivity index (χ1v) is 10.6. The molecule has 0 saturated heterocycles. The van der Waals surface area contributed by atoms with Gasteiger partial charge >= 0.3 is 11.0 Å². The van der Waals surface area contributed by atoms with Gasteiger partial charge in [0.05, 0.1) is 4.70 Å². The van der Waals surface area contributed by atoms with Crippen molar-refractivity contribution in [2.24, 2.45) is 5.41 Å². The van der Waals surface area contributed by atoms with Crippen LogP contribution in [0.3, 0.4) is 0 Å². The van der Waals surface area contributed by atoms with Gasteiger partial charge in [-0.25, -0.2) is 4.79 Å². The highest BCUT2D eigenvalue weighted by Gasteiger charge is 2.26. The van der Waals surface area contributed by atoms with Gasteiger partial charge in [0.1, 0.15) is 11.3 Å². The molecule has 1 fully saturated rings. The van der Waals surface area contributed by atoms with Gasteiger partial charge in [-0.2, -0.15) is 0 Å². The van der Waals surface area contributed by atoms with E-state index in [9.17, 15) is 19.8 Å². The van der Waals surface area contributed by atoms with Gasteiger partial charge < -0.3 is 25.4 Å². The standard InChI is InChI=1S/C20H29N3O4S/c1-20(2)8-5-14(6-9-20)21-10-12-23(19(26)27)11-7-13-3-4-15(24)16-17(13)28-18(25)22-16/h3-4,14,21,24H,5-12H2,1-2H3,(H,22,25)(H,26,27). The zero-order chi connectivity index (χ0) is 20.3. The molecule has 3 rings (SSSR count). The third-order valence-electron chi connectivity index (χ3n) is 5.71. The van der Waals surface area contributed by atoms with Crippen LogP contribution in [-0.2, 0) is 6.42 Å². The lowest BCUT2D eigenvalue weighted by Crippen LogP contribution is -2.42. The third-order valence-corrected chi connectivity index (χ3v) is 6.67. The SMILES string of the molecule is CC1(C)CCC(NCCN(CCc2ccc(O)c3[nH]c(=O)sc23)C(=O)O)CC1. The Kier molecular flexibility index (Phi) is 6.30. The van der Waals surface area contributed by atoms with Crippen LogP contribution < -0.4 is 10.2 Å². The summed E-state index contributed by atoms with van der Waals surface area (Å²) >= 11 is 1.04. The Hall–Kier alpha value is -2.06. The first kappa shape index (κ1) is 20.7. The van der Waals surface area contributed by atoms with E-state index in [2.05, 4.69) is 24.1 Å². The Morgan fingerprint density at radius 2 is 2.04 bits per heavy atom. The maximum Gasteiger partial charge on any atom is 0.407 e. The van der Waals surface area contributed by atoms with Crippen LogP contribution >= 0.6 is 11.3 Å². The normalized spacial score (nSPS) is 17.1. The number of aromatic amines is 1. The molecule has 1 amide bonds. The minimum atomic E-state index is -0.941. The van der Waals surface area contributed by atoms with E-state index in [1.165, 1.54) is 23.8 Å². The molecule has 28 heavy (non-hydrogen) atoms. The van der Waals surface area contributed by atoms with E-state index in [4.69, 9.17) is 0 Å². The number of carbonyl (C=O) groups is 1. The minimum Gasteiger partial charge on any atom is -0.506 e. The van der Waals surface area contributed by atoms with Crippen LogP contribution in [0, 0.1) is 5.41 Å². The largest absolute Gasteiger partial charge is 0.506 e. The molecule has 0 aliphatic heterocycles. The van der Waals surface area contributed by atoms with Gasteiger partial charge in [-0.3, -0.25) is 4.79 Å². The second-order valence-electron chi connectivity index (χ2n) is 8.37. The quantitative estimate of drug-likeness (QED) is 0.563. The summed E-state index contributed by atoms with van der Waals surface area (Å²) in [6.07, 6.45) is 4.22. The van der Waals surface area contributed by atoms with Crippen LogP contribution in [-0.4, -0.2) is 51.9 Å². The number of H-pyrrole nitrogens is 1. The molecule has 1 aromatic carbocycles. The Morgan fingerprint density at radius 3 is 2.71 bits per heavy atom. The molecule has 0 atom stereocenters. The number of benzene rings is 1. The molecule has 154 valence electrons. The fraction of sp³-hybridized carbons (Fsp3) is 0.600. The number of phenolic OH excluding ortho intramolecular Hbond substituents is 1. The summed E-state index contributed by atoms with van der Waals surface area (Å²) in [4.78, 5) is 27.0. The maximum absolute atomic E-state index is 11.6. The molecule has 1 saturated carbocycles. The van der Waals surface area contributed by atoms with Gasteiger partial charge in [-0.05, 0) is 49.1 Å². The molecule has 7 nitrogen and oxygen atoms in total. The summed E-state index contributed by atoms with van der Waals surface area (Å²) < 4.78 is 0.693. The number of carboxylic acid groups (broad SMARTS) is 1. The topological polar surface area (TPSA) is 106 Å². The first-order chi connectivity index (χ1) is 13.2. The highest BCUT2D eigenvalue weighted by atomic mass is 32.1. The van der Waals surface area contributed by atoms with E-state index in [1.54, 1.807) is 6.07 Å². The number of phenols is 1. The molecule has 0 unspecified atom stereocenters. The average molecular weight is 408 g/mol. The van der Waals surface area contributed by atoms with Crippen LogP contribution in [0.1, 0.15) is 45.1 Å². The summed E-state index contributed by atoms with van der Waals surface area (Å²) in [5, 5.41) is 22.9. The van der Waals surface area contributed by atoms with Gasteiger partial charge in [0.15, 0.2) is 0 Å². The Morgan fingerprint density at radius 1 is 1.32 bits per heavy atom.